The molecule has 0 spiro atoms. The van der Waals surface area contributed by atoms with E-state index in [-0.39, 0.29) is 11.4 Å². The molecule has 0 saturated carbocycles. The van der Waals surface area contributed by atoms with Crippen molar-refractivity contribution in [3.05, 3.63) is 40.7 Å². The minimum absolute atomic E-state index is 0.0393. The second kappa shape index (κ2) is 4.86. The van der Waals surface area contributed by atoms with Gasteiger partial charge in [-0.25, -0.2) is 4.79 Å². The molecule has 1 aliphatic rings. The van der Waals surface area contributed by atoms with E-state index in [9.17, 15) is 9.90 Å². The Kier molecular flexibility index (Phi) is 3.17. The van der Waals surface area contributed by atoms with Gasteiger partial charge in [0.15, 0.2) is 11.8 Å². The Morgan fingerprint density at radius 1 is 1.35 bits per heavy atom. The van der Waals surface area contributed by atoms with Gasteiger partial charge in [-0.1, -0.05) is 11.6 Å². The molecule has 20 heavy (non-hydrogen) atoms. The molecule has 1 aromatic carbocycles. The number of hydrogen-bond acceptors (Lipinski definition) is 6. The Morgan fingerprint density at radius 2 is 2.05 bits per heavy atom. The lowest BCUT2D eigenvalue weighted by Gasteiger charge is -2.13. The molecular weight excluding hydrogens is 286 g/mol. The Morgan fingerprint density at radius 3 is 2.70 bits per heavy atom. The first-order chi connectivity index (χ1) is 9.60. The smallest absolute Gasteiger partial charge is 0.361 e. The third-order valence-corrected chi connectivity index (χ3v) is 3.18. The van der Waals surface area contributed by atoms with Crippen molar-refractivity contribution in [1.29, 1.82) is 0 Å². The number of carbonyl (C=O) groups excluding carboxylic acids is 1. The van der Waals surface area contributed by atoms with Crippen LogP contribution in [0.5, 0.6) is 0 Å². The minimum atomic E-state index is -1.23. The van der Waals surface area contributed by atoms with Gasteiger partial charge in [0.05, 0.1) is 12.3 Å². The Balaban J connectivity index is 2.00. The van der Waals surface area contributed by atoms with E-state index in [0.717, 1.165) is 0 Å². The van der Waals surface area contributed by atoms with Gasteiger partial charge < -0.3 is 14.9 Å². The average Bonchev–Trinajstić information content (AvgIpc) is 3.00. The number of carbonyl (C=O) groups is 1. The molecule has 0 bridgehead atoms. The second-order valence-corrected chi connectivity index (χ2v) is 4.71. The summed E-state index contributed by atoms with van der Waals surface area (Å²) in [5.74, 6) is -0.669. The summed E-state index contributed by atoms with van der Waals surface area (Å²) in [6, 6.07) is 6.73. The summed E-state index contributed by atoms with van der Waals surface area (Å²) in [7, 11) is 0. The normalized spacial score (nSPS) is 18.8. The molecule has 104 valence electrons. The Bertz CT molecular complexity index is 655. The first kappa shape index (κ1) is 13.0. The molecule has 0 aliphatic carbocycles. The largest absolute Gasteiger partial charge is 0.448 e. The molecule has 1 aromatic heterocycles. The zero-order chi connectivity index (χ0) is 14.3. The van der Waals surface area contributed by atoms with Crippen LogP contribution in [0.15, 0.2) is 24.3 Å². The molecule has 7 nitrogen and oxygen atoms in total. The summed E-state index contributed by atoms with van der Waals surface area (Å²) in [5.41, 5.74) is 0.873. The van der Waals surface area contributed by atoms with Crippen LogP contribution in [0.4, 0.5) is 0 Å². The monoisotopic (exact) mass is 295 g/mol. The van der Waals surface area contributed by atoms with Crippen molar-refractivity contribution in [2.24, 2.45) is 0 Å². The van der Waals surface area contributed by atoms with E-state index in [1.165, 1.54) is 4.80 Å². The first-order valence-electron chi connectivity index (χ1n) is 5.83. The highest BCUT2D eigenvalue weighted by Crippen LogP contribution is 2.30. The fourth-order valence-corrected chi connectivity index (χ4v) is 2.05. The number of nitrogens with zero attached hydrogens (tertiary/aromatic N) is 3. The van der Waals surface area contributed by atoms with E-state index in [1.54, 1.807) is 24.3 Å². The predicted molar refractivity (Wildman–Crippen MR) is 67.6 cm³/mol. The van der Waals surface area contributed by atoms with Crippen LogP contribution in [0.2, 0.25) is 5.02 Å². The quantitative estimate of drug-likeness (QED) is 0.800. The van der Waals surface area contributed by atoms with E-state index in [0.29, 0.717) is 10.7 Å². The predicted octanol–water partition coefficient (Wildman–Crippen LogP) is 0.485. The minimum Gasteiger partial charge on any atom is -0.448 e. The molecule has 0 radical (unpaired) electrons. The summed E-state index contributed by atoms with van der Waals surface area (Å²) in [5, 5.41) is 27.3. The highest BCUT2D eigenvalue weighted by Gasteiger charge is 2.40. The van der Waals surface area contributed by atoms with Crippen LogP contribution in [0.1, 0.15) is 22.3 Å². The van der Waals surface area contributed by atoms with Crippen LogP contribution in [-0.4, -0.2) is 43.9 Å². The number of ether oxygens (including phenoxy) is 1. The van der Waals surface area contributed by atoms with Crippen molar-refractivity contribution < 1.29 is 19.7 Å². The van der Waals surface area contributed by atoms with Gasteiger partial charge in [-0.05, 0) is 24.3 Å². The topological polar surface area (TPSA) is 97.5 Å². The van der Waals surface area contributed by atoms with Gasteiger partial charge in [0, 0.05) is 5.02 Å². The van der Waals surface area contributed by atoms with E-state index in [2.05, 4.69) is 10.2 Å². The number of benzene rings is 1. The zero-order valence-electron chi connectivity index (χ0n) is 10.1. The number of hydrogen-bond donors (Lipinski definition) is 2. The molecular formula is C12H10ClN3O4. The van der Waals surface area contributed by atoms with Crippen molar-refractivity contribution in [3.63, 3.8) is 0 Å². The highest BCUT2D eigenvalue weighted by molar-refractivity contribution is 6.30. The number of cyclic esters (lactones) is 1. The molecule has 2 aromatic rings. The van der Waals surface area contributed by atoms with Gasteiger partial charge >= 0.3 is 5.97 Å². The van der Waals surface area contributed by atoms with Gasteiger partial charge in [0.1, 0.15) is 11.8 Å². The van der Waals surface area contributed by atoms with Gasteiger partial charge in [-0.3, -0.25) is 0 Å². The highest BCUT2D eigenvalue weighted by atomic mass is 35.5. The van der Waals surface area contributed by atoms with Crippen molar-refractivity contribution in [2.75, 3.05) is 6.61 Å². The summed E-state index contributed by atoms with van der Waals surface area (Å²) in [6.07, 6.45) is -2.22. The standard InChI is InChI=1S/C12H10ClN3O4/c13-6-1-3-7(4-2-6)16-14-9-10(15-16)12(19)20-11(9)8(18)5-17/h1-4,8,11,17-18H,5H2. The molecule has 0 saturated heterocycles. The van der Waals surface area contributed by atoms with Crippen molar-refractivity contribution in [3.8, 4) is 5.69 Å². The second-order valence-electron chi connectivity index (χ2n) is 4.28. The molecule has 0 fully saturated rings. The molecule has 2 atom stereocenters. The maximum Gasteiger partial charge on any atom is 0.361 e. The molecule has 1 aliphatic heterocycles. The number of aliphatic hydroxyl groups excluding tert-OH is 2. The third kappa shape index (κ3) is 2.05. The number of aliphatic hydroxyl groups is 2. The van der Waals surface area contributed by atoms with Gasteiger partial charge in [0.2, 0.25) is 0 Å². The zero-order valence-corrected chi connectivity index (χ0v) is 10.9. The summed E-state index contributed by atoms with van der Waals surface area (Å²) >= 11 is 5.80. The summed E-state index contributed by atoms with van der Waals surface area (Å²) in [4.78, 5) is 12.9. The van der Waals surface area contributed by atoms with Crippen molar-refractivity contribution in [1.82, 2.24) is 15.0 Å². The van der Waals surface area contributed by atoms with Crippen LogP contribution in [0.25, 0.3) is 5.69 Å². The first-order valence-corrected chi connectivity index (χ1v) is 6.21. The SMILES string of the molecule is O=C1OC(C(O)CO)c2nn(-c3ccc(Cl)cc3)nc21. The lowest BCUT2D eigenvalue weighted by Crippen LogP contribution is -2.23. The molecule has 2 N–H and O–H groups in total. The van der Waals surface area contributed by atoms with Crippen molar-refractivity contribution >= 4 is 17.6 Å². The average molecular weight is 296 g/mol. The van der Waals surface area contributed by atoms with Gasteiger partial charge in [-0.2, -0.15) is 4.80 Å². The van der Waals surface area contributed by atoms with Crippen LogP contribution in [0, 0.1) is 0 Å². The third-order valence-electron chi connectivity index (χ3n) is 2.93. The number of fused-ring (bicyclic) bond motifs is 1. The molecule has 0 amide bonds. The number of halogens is 1. The lowest BCUT2D eigenvalue weighted by molar-refractivity contribution is -0.0315. The molecule has 2 unspecified atom stereocenters. The van der Waals surface area contributed by atoms with E-state index in [4.69, 9.17) is 21.4 Å². The summed E-state index contributed by atoms with van der Waals surface area (Å²) < 4.78 is 4.93. The number of esters is 1. The maximum absolute atomic E-state index is 11.6. The number of aromatic nitrogens is 3. The van der Waals surface area contributed by atoms with E-state index >= 15 is 0 Å². The molecule has 3 rings (SSSR count). The number of rotatable bonds is 3. The fraction of sp³-hybridized carbons (Fsp3) is 0.250. The van der Waals surface area contributed by atoms with E-state index in [1.807, 2.05) is 0 Å². The van der Waals surface area contributed by atoms with Crippen molar-refractivity contribution in [2.45, 2.75) is 12.2 Å². The van der Waals surface area contributed by atoms with Crippen LogP contribution in [-0.2, 0) is 4.74 Å². The summed E-state index contributed by atoms with van der Waals surface area (Å²) in [6.45, 7) is -0.537. The maximum atomic E-state index is 11.6. The fourth-order valence-electron chi connectivity index (χ4n) is 1.93. The lowest BCUT2D eigenvalue weighted by atomic mass is 10.1. The van der Waals surface area contributed by atoms with Gasteiger partial charge in [0.25, 0.3) is 0 Å². The Labute approximate surface area is 118 Å². The molecule has 2 heterocycles. The van der Waals surface area contributed by atoms with Gasteiger partial charge in [-0.15, -0.1) is 10.2 Å². The van der Waals surface area contributed by atoms with E-state index < -0.39 is 24.8 Å². The van der Waals surface area contributed by atoms with Crippen LogP contribution < -0.4 is 0 Å². The van der Waals surface area contributed by atoms with Crippen LogP contribution in [0.3, 0.4) is 0 Å². The molecule has 8 heteroatoms. The Hall–Kier alpha value is -1.96. The van der Waals surface area contributed by atoms with Crippen LogP contribution >= 0.6 is 11.6 Å².